The number of nitrogens with two attached hydrogens (primary N) is 1. The molecule has 1 heterocycles. The highest BCUT2D eigenvalue weighted by molar-refractivity contribution is 7.09. The smallest absolute Gasteiger partial charge is 0.248 e. The van der Waals surface area contributed by atoms with Crippen molar-refractivity contribution < 1.29 is 4.79 Å². The molecular formula is C17H22N4OS. The van der Waals surface area contributed by atoms with Crippen molar-refractivity contribution in [1.82, 2.24) is 10.2 Å². The molecule has 3 N–H and O–H groups in total. The van der Waals surface area contributed by atoms with Gasteiger partial charge in [0.2, 0.25) is 5.91 Å². The zero-order valence-electron chi connectivity index (χ0n) is 13.5. The molecular weight excluding hydrogens is 308 g/mol. The van der Waals surface area contributed by atoms with Crippen molar-refractivity contribution >= 4 is 23.2 Å². The Morgan fingerprint density at radius 2 is 2.04 bits per heavy atom. The first kappa shape index (κ1) is 17.0. The number of carbonyl (C=O) groups is 1. The maximum atomic E-state index is 11.1. The summed E-state index contributed by atoms with van der Waals surface area (Å²) in [5.41, 5.74) is 6.83. The van der Waals surface area contributed by atoms with E-state index in [0.29, 0.717) is 12.1 Å². The summed E-state index contributed by atoms with van der Waals surface area (Å²) in [6, 6.07) is 11.5. The van der Waals surface area contributed by atoms with Gasteiger partial charge in [-0.3, -0.25) is 9.79 Å². The minimum atomic E-state index is -0.409. The number of nitrogens with zero attached hydrogens (tertiary/aromatic N) is 2. The van der Waals surface area contributed by atoms with Crippen LogP contribution in [0.2, 0.25) is 0 Å². The Labute approximate surface area is 140 Å². The van der Waals surface area contributed by atoms with E-state index >= 15 is 0 Å². The van der Waals surface area contributed by atoms with Crippen LogP contribution in [0.4, 0.5) is 0 Å². The number of hydrogen-bond acceptors (Lipinski definition) is 3. The first-order valence-corrected chi connectivity index (χ1v) is 8.31. The van der Waals surface area contributed by atoms with Crippen LogP contribution < -0.4 is 11.1 Å². The minimum Gasteiger partial charge on any atom is -0.366 e. The second-order valence-corrected chi connectivity index (χ2v) is 6.25. The highest BCUT2D eigenvalue weighted by Gasteiger charge is 2.07. The molecule has 6 heteroatoms. The Bertz CT molecular complexity index is 650. The molecule has 1 aromatic heterocycles. The number of thiophene rings is 1. The van der Waals surface area contributed by atoms with E-state index in [-0.39, 0.29) is 0 Å². The van der Waals surface area contributed by atoms with Gasteiger partial charge in [0, 0.05) is 37.6 Å². The Morgan fingerprint density at radius 1 is 1.30 bits per heavy atom. The van der Waals surface area contributed by atoms with Crippen molar-refractivity contribution in [1.29, 1.82) is 0 Å². The third-order valence-electron chi connectivity index (χ3n) is 3.54. The Kier molecular flexibility index (Phi) is 6.17. The lowest BCUT2D eigenvalue weighted by molar-refractivity contribution is 0.100. The number of aliphatic imine (C=N–C) groups is 1. The predicted octanol–water partition coefficient (Wildman–Crippen LogP) is 2.10. The van der Waals surface area contributed by atoms with Crippen LogP contribution in [-0.4, -0.2) is 37.4 Å². The van der Waals surface area contributed by atoms with Crippen LogP contribution in [-0.2, 0) is 13.0 Å². The molecule has 0 radical (unpaired) electrons. The fraction of sp³-hybridized carbons (Fsp3) is 0.294. The summed E-state index contributed by atoms with van der Waals surface area (Å²) in [7, 11) is 3.80. The second-order valence-electron chi connectivity index (χ2n) is 5.21. The normalized spacial score (nSPS) is 11.3. The molecule has 0 saturated carbocycles. The van der Waals surface area contributed by atoms with Crippen LogP contribution in [0.15, 0.2) is 46.8 Å². The lowest BCUT2D eigenvalue weighted by Crippen LogP contribution is -2.39. The summed E-state index contributed by atoms with van der Waals surface area (Å²) in [6.45, 7) is 1.55. The molecule has 0 aliphatic rings. The maximum absolute atomic E-state index is 11.1. The number of guanidine groups is 1. The van der Waals surface area contributed by atoms with Crippen LogP contribution in [0.25, 0.3) is 0 Å². The van der Waals surface area contributed by atoms with Gasteiger partial charge in [-0.2, -0.15) is 0 Å². The van der Waals surface area contributed by atoms with Crippen molar-refractivity contribution in [2.24, 2.45) is 10.7 Å². The van der Waals surface area contributed by atoms with E-state index in [9.17, 15) is 4.79 Å². The summed E-state index contributed by atoms with van der Waals surface area (Å²) in [5.74, 6) is 0.439. The number of amides is 1. The van der Waals surface area contributed by atoms with Crippen LogP contribution in [0.1, 0.15) is 20.8 Å². The molecule has 0 fully saturated rings. The largest absolute Gasteiger partial charge is 0.366 e. The fourth-order valence-electron chi connectivity index (χ4n) is 2.19. The standard InChI is InChI=1S/C17H22N4OS/c1-19-17(21(2)10-9-15-4-3-11-23-15)20-12-13-5-7-14(8-6-13)16(18)22/h3-8,11H,9-10,12H2,1-2H3,(H2,18,22)(H,19,20). The first-order chi connectivity index (χ1) is 11.1. The average Bonchev–Trinajstić information content (AvgIpc) is 3.07. The third-order valence-corrected chi connectivity index (χ3v) is 4.47. The lowest BCUT2D eigenvalue weighted by Gasteiger charge is -2.22. The first-order valence-electron chi connectivity index (χ1n) is 7.43. The number of hydrogen-bond donors (Lipinski definition) is 2. The molecule has 0 aliphatic carbocycles. The molecule has 23 heavy (non-hydrogen) atoms. The molecule has 2 aromatic rings. The van der Waals surface area contributed by atoms with E-state index in [4.69, 9.17) is 5.73 Å². The number of rotatable bonds is 6. The highest BCUT2D eigenvalue weighted by atomic mass is 32.1. The molecule has 0 atom stereocenters. The van der Waals surface area contributed by atoms with E-state index in [2.05, 4.69) is 32.7 Å². The van der Waals surface area contributed by atoms with Gasteiger partial charge in [-0.05, 0) is 35.6 Å². The summed E-state index contributed by atoms with van der Waals surface area (Å²) < 4.78 is 0. The van der Waals surface area contributed by atoms with E-state index in [1.54, 1.807) is 30.5 Å². The lowest BCUT2D eigenvalue weighted by atomic mass is 10.1. The van der Waals surface area contributed by atoms with Crippen molar-refractivity contribution in [3.05, 3.63) is 57.8 Å². The van der Waals surface area contributed by atoms with Crippen LogP contribution in [0.3, 0.4) is 0 Å². The third kappa shape index (κ3) is 5.10. The molecule has 1 amide bonds. The van der Waals surface area contributed by atoms with Crippen molar-refractivity contribution in [3.8, 4) is 0 Å². The monoisotopic (exact) mass is 330 g/mol. The molecule has 0 unspecified atom stereocenters. The van der Waals surface area contributed by atoms with Gasteiger partial charge in [0.15, 0.2) is 5.96 Å². The van der Waals surface area contributed by atoms with Crippen molar-refractivity contribution in [3.63, 3.8) is 0 Å². The zero-order chi connectivity index (χ0) is 16.7. The minimum absolute atomic E-state index is 0.409. The molecule has 2 rings (SSSR count). The number of benzene rings is 1. The van der Waals surface area contributed by atoms with Gasteiger partial charge in [0.05, 0.1) is 0 Å². The number of carbonyl (C=O) groups excluding carboxylic acids is 1. The Balaban J connectivity index is 1.85. The van der Waals surface area contributed by atoms with Crippen molar-refractivity contribution in [2.75, 3.05) is 20.6 Å². The quantitative estimate of drug-likeness (QED) is 0.629. The second kappa shape index (κ2) is 8.33. The summed E-state index contributed by atoms with van der Waals surface area (Å²) in [6.07, 6.45) is 1.00. The van der Waals surface area contributed by atoms with E-state index in [1.165, 1.54) is 4.88 Å². The number of primary amides is 1. The molecule has 0 bridgehead atoms. The van der Waals surface area contributed by atoms with Gasteiger partial charge in [-0.1, -0.05) is 18.2 Å². The fourth-order valence-corrected chi connectivity index (χ4v) is 2.89. The number of nitrogens with one attached hydrogen (secondary N) is 1. The molecule has 122 valence electrons. The van der Waals surface area contributed by atoms with Gasteiger partial charge in [-0.15, -0.1) is 11.3 Å². The summed E-state index contributed by atoms with van der Waals surface area (Å²) in [5, 5.41) is 5.42. The van der Waals surface area contributed by atoms with E-state index < -0.39 is 5.91 Å². The SMILES string of the molecule is CN=C(NCc1ccc(C(N)=O)cc1)N(C)CCc1cccs1. The van der Waals surface area contributed by atoms with Gasteiger partial charge in [0.25, 0.3) is 0 Å². The predicted molar refractivity (Wildman–Crippen MR) is 95.8 cm³/mol. The zero-order valence-corrected chi connectivity index (χ0v) is 14.3. The molecule has 0 spiro atoms. The highest BCUT2D eigenvalue weighted by Crippen LogP contribution is 2.09. The summed E-state index contributed by atoms with van der Waals surface area (Å²) in [4.78, 5) is 18.9. The molecule has 5 nitrogen and oxygen atoms in total. The summed E-state index contributed by atoms with van der Waals surface area (Å²) >= 11 is 1.77. The maximum Gasteiger partial charge on any atom is 0.248 e. The Morgan fingerprint density at radius 3 is 2.61 bits per heavy atom. The molecule has 1 aromatic carbocycles. The van der Waals surface area contributed by atoms with Gasteiger partial charge >= 0.3 is 0 Å². The average molecular weight is 330 g/mol. The van der Waals surface area contributed by atoms with Crippen LogP contribution >= 0.6 is 11.3 Å². The molecule has 0 aliphatic heterocycles. The Hall–Kier alpha value is -2.34. The van der Waals surface area contributed by atoms with Crippen LogP contribution in [0.5, 0.6) is 0 Å². The topological polar surface area (TPSA) is 70.7 Å². The van der Waals surface area contributed by atoms with Gasteiger partial charge < -0.3 is 16.0 Å². The van der Waals surface area contributed by atoms with Gasteiger partial charge in [-0.25, -0.2) is 0 Å². The van der Waals surface area contributed by atoms with E-state index in [1.807, 2.05) is 19.2 Å². The molecule has 0 saturated heterocycles. The number of likely N-dealkylation sites (N-methyl/N-ethyl adjacent to an activating group) is 1. The van der Waals surface area contributed by atoms with E-state index in [0.717, 1.165) is 24.5 Å². The van der Waals surface area contributed by atoms with Crippen molar-refractivity contribution in [2.45, 2.75) is 13.0 Å². The van der Waals surface area contributed by atoms with Crippen LogP contribution in [0, 0.1) is 0 Å². The van der Waals surface area contributed by atoms with Gasteiger partial charge in [0.1, 0.15) is 0 Å².